The van der Waals surface area contributed by atoms with Crippen molar-refractivity contribution in [2.75, 3.05) is 6.61 Å². The van der Waals surface area contributed by atoms with Crippen LogP contribution >= 0.6 is 0 Å². The Morgan fingerprint density at radius 1 is 1.07 bits per heavy atom. The van der Waals surface area contributed by atoms with E-state index < -0.39 is 11.8 Å². The maximum absolute atomic E-state index is 14.0. The number of carboxylic acid groups (broad SMARTS) is 1. The summed E-state index contributed by atoms with van der Waals surface area (Å²) >= 11 is 0. The van der Waals surface area contributed by atoms with Gasteiger partial charge in [-0.05, 0) is 43.0 Å². The number of aromatic nitrogens is 2. The zero-order valence-electron chi connectivity index (χ0n) is 15.5. The van der Waals surface area contributed by atoms with Gasteiger partial charge < -0.3 is 14.6 Å². The van der Waals surface area contributed by atoms with Crippen molar-refractivity contribution in [3.63, 3.8) is 0 Å². The summed E-state index contributed by atoms with van der Waals surface area (Å²) in [5.41, 5.74) is 0.932. The van der Waals surface area contributed by atoms with Crippen LogP contribution in [0.2, 0.25) is 0 Å². The highest BCUT2D eigenvalue weighted by Crippen LogP contribution is 2.29. The number of carboxylic acids is 1. The fourth-order valence-corrected chi connectivity index (χ4v) is 2.72. The van der Waals surface area contributed by atoms with Crippen molar-refractivity contribution in [2.24, 2.45) is 5.92 Å². The van der Waals surface area contributed by atoms with Crippen LogP contribution in [0.5, 0.6) is 11.5 Å². The van der Waals surface area contributed by atoms with Crippen LogP contribution < -0.4 is 9.47 Å². The highest BCUT2D eigenvalue weighted by Gasteiger charge is 2.22. The van der Waals surface area contributed by atoms with Gasteiger partial charge in [-0.1, -0.05) is 18.2 Å². The first-order chi connectivity index (χ1) is 14.1. The second-order valence-electron chi connectivity index (χ2n) is 6.92. The summed E-state index contributed by atoms with van der Waals surface area (Å²) in [4.78, 5) is 19.6. The first-order valence-corrected chi connectivity index (χ1v) is 9.28. The molecule has 0 unspecified atom stereocenters. The number of rotatable bonds is 8. The van der Waals surface area contributed by atoms with Gasteiger partial charge in [0.05, 0.1) is 24.6 Å². The van der Waals surface area contributed by atoms with Crippen molar-refractivity contribution in [3.8, 4) is 22.9 Å². The van der Waals surface area contributed by atoms with E-state index in [2.05, 4.69) is 9.97 Å². The first-order valence-electron chi connectivity index (χ1n) is 9.28. The van der Waals surface area contributed by atoms with Crippen molar-refractivity contribution in [1.29, 1.82) is 0 Å². The number of aromatic carboxylic acids is 1. The van der Waals surface area contributed by atoms with Crippen LogP contribution in [0.15, 0.2) is 54.9 Å². The van der Waals surface area contributed by atoms with E-state index in [4.69, 9.17) is 14.6 Å². The molecule has 6 nitrogen and oxygen atoms in total. The predicted molar refractivity (Wildman–Crippen MR) is 103 cm³/mol. The van der Waals surface area contributed by atoms with E-state index in [0.29, 0.717) is 29.8 Å². The van der Waals surface area contributed by atoms with E-state index in [-0.39, 0.29) is 17.7 Å². The molecule has 29 heavy (non-hydrogen) atoms. The number of hydrogen-bond donors (Lipinski definition) is 1. The fourth-order valence-electron chi connectivity index (χ4n) is 2.72. The number of hydrogen-bond acceptors (Lipinski definition) is 5. The minimum absolute atomic E-state index is 0.0238. The minimum Gasteiger partial charge on any atom is -0.490 e. The van der Waals surface area contributed by atoms with Gasteiger partial charge in [0, 0.05) is 11.1 Å². The molecule has 2 aromatic carbocycles. The molecule has 0 spiro atoms. The monoisotopic (exact) mass is 394 g/mol. The Bertz CT molecular complexity index is 1020. The van der Waals surface area contributed by atoms with E-state index in [1.807, 2.05) is 6.07 Å². The molecule has 1 fully saturated rings. The number of nitrogens with zero attached hydrogens (tertiary/aromatic N) is 2. The molecule has 0 radical (unpaired) electrons. The normalized spacial score (nSPS) is 13.1. The van der Waals surface area contributed by atoms with Crippen molar-refractivity contribution < 1.29 is 23.8 Å². The third-order valence-electron chi connectivity index (χ3n) is 4.60. The first kappa shape index (κ1) is 18.9. The molecule has 7 heteroatoms. The largest absolute Gasteiger partial charge is 0.490 e. The molecule has 0 bridgehead atoms. The van der Waals surface area contributed by atoms with Crippen LogP contribution in [0, 0.1) is 11.7 Å². The number of halogens is 1. The van der Waals surface area contributed by atoms with Crippen LogP contribution in [0.25, 0.3) is 11.4 Å². The molecule has 1 aromatic heterocycles. The van der Waals surface area contributed by atoms with Gasteiger partial charge in [-0.3, -0.25) is 0 Å². The average Bonchev–Trinajstić information content (AvgIpc) is 3.56. The zero-order chi connectivity index (χ0) is 20.2. The SMILES string of the molecule is O=C(O)c1ccc(COc2cccc(-c3ncc(OCC4CC4)cn3)c2)c(F)c1. The molecule has 4 rings (SSSR count). The highest BCUT2D eigenvalue weighted by molar-refractivity contribution is 5.87. The van der Waals surface area contributed by atoms with Crippen molar-refractivity contribution >= 4 is 5.97 Å². The van der Waals surface area contributed by atoms with Gasteiger partial charge in [-0.25, -0.2) is 19.2 Å². The van der Waals surface area contributed by atoms with E-state index in [0.717, 1.165) is 11.6 Å². The average molecular weight is 394 g/mol. The van der Waals surface area contributed by atoms with Gasteiger partial charge in [0.1, 0.15) is 18.2 Å². The van der Waals surface area contributed by atoms with Gasteiger partial charge in [0.15, 0.2) is 11.6 Å². The Kier molecular flexibility index (Phi) is 5.37. The lowest BCUT2D eigenvalue weighted by Crippen LogP contribution is -2.02. The second-order valence-corrected chi connectivity index (χ2v) is 6.92. The Labute approximate surface area is 167 Å². The van der Waals surface area contributed by atoms with Crippen LogP contribution in [0.4, 0.5) is 4.39 Å². The topological polar surface area (TPSA) is 81.5 Å². The molecule has 1 heterocycles. The molecule has 1 aliphatic rings. The maximum Gasteiger partial charge on any atom is 0.335 e. The summed E-state index contributed by atoms with van der Waals surface area (Å²) in [6, 6.07) is 10.9. The summed E-state index contributed by atoms with van der Waals surface area (Å²) in [6.07, 6.45) is 5.74. The molecule has 0 aliphatic heterocycles. The molecule has 3 aromatic rings. The predicted octanol–water partition coefficient (Wildman–Crippen LogP) is 4.35. The van der Waals surface area contributed by atoms with Crippen molar-refractivity contribution in [3.05, 3.63) is 71.8 Å². The van der Waals surface area contributed by atoms with Gasteiger partial charge in [-0.2, -0.15) is 0 Å². The summed E-state index contributed by atoms with van der Waals surface area (Å²) in [6.45, 7) is 0.681. The lowest BCUT2D eigenvalue weighted by molar-refractivity contribution is 0.0696. The second kappa shape index (κ2) is 8.26. The molecule has 1 N–H and O–H groups in total. The third kappa shape index (κ3) is 4.87. The molecule has 1 saturated carbocycles. The smallest absolute Gasteiger partial charge is 0.335 e. The van der Waals surface area contributed by atoms with E-state index in [1.54, 1.807) is 30.6 Å². The Hall–Kier alpha value is -3.48. The summed E-state index contributed by atoms with van der Waals surface area (Å²) in [7, 11) is 0. The standard InChI is InChI=1S/C22H19FN2O4/c23-20-9-16(22(26)27)6-7-17(20)13-29-18-3-1-2-15(8-18)21-24-10-19(11-25-21)28-12-14-4-5-14/h1-3,6-11,14H,4-5,12-13H2,(H,26,27). The van der Waals surface area contributed by atoms with E-state index in [9.17, 15) is 9.18 Å². The highest BCUT2D eigenvalue weighted by atomic mass is 19.1. The molecule has 0 atom stereocenters. The van der Waals surface area contributed by atoms with Gasteiger partial charge in [0.25, 0.3) is 0 Å². The lowest BCUT2D eigenvalue weighted by atomic mass is 10.1. The summed E-state index contributed by atoms with van der Waals surface area (Å²) in [5.74, 6) is 0.578. The Morgan fingerprint density at radius 3 is 2.55 bits per heavy atom. The quantitative estimate of drug-likeness (QED) is 0.612. The Morgan fingerprint density at radius 2 is 1.86 bits per heavy atom. The fraction of sp³-hybridized carbons (Fsp3) is 0.227. The molecule has 0 saturated heterocycles. The Balaban J connectivity index is 1.41. The maximum atomic E-state index is 14.0. The summed E-state index contributed by atoms with van der Waals surface area (Å²) < 4.78 is 25.3. The zero-order valence-corrected chi connectivity index (χ0v) is 15.5. The van der Waals surface area contributed by atoms with Gasteiger partial charge >= 0.3 is 5.97 Å². The minimum atomic E-state index is -1.17. The van der Waals surface area contributed by atoms with Gasteiger partial charge in [-0.15, -0.1) is 0 Å². The molecular weight excluding hydrogens is 375 g/mol. The van der Waals surface area contributed by atoms with Crippen molar-refractivity contribution in [2.45, 2.75) is 19.4 Å². The number of ether oxygens (including phenoxy) is 2. The molecule has 1 aliphatic carbocycles. The van der Waals surface area contributed by atoms with Crippen LogP contribution in [0.3, 0.4) is 0 Å². The number of benzene rings is 2. The molecule has 148 valence electrons. The van der Waals surface area contributed by atoms with Crippen LogP contribution in [-0.2, 0) is 6.61 Å². The molecule has 0 amide bonds. The lowest BCUT2D eigenvalue weighted by Gasteiger charge is -2.09. The molecular formula is C22H19FN2O4. The van der Waals surface area contributed by atoms with Crippen LogP contribution in [0.1, 0.15) is 28.8 Å². The van der Waals surface area contributed by atoms with Gasteiger partial charge in [0.2, 0.25) is 0 Å². The summed E-state index contributed by atoms with van der Waals surface area (Å²) in [5, 5.41) is 8.90. The number of carbonyl (C=O) groups is 1. The van der Waals surface area contributed by atoms with Crippen LogP contribution in [-0.4, -0.2) is 27.7 Å². The van der Waals surface area contributed by atoms with E-state index in [1.165, 1.54) is 25.0 Å². The van der Waals surface area contributed by atoms with Crippen molar-refractivity contribution in [1.82, 2.24) is 9.97 Å². The third-order valence-corrected chi connectivity index (χ3v) is 4.60. The van der Waals surface area contributed by atoms with E-state index >= 15 is 0 Å².